The molecule has 1 saturated heterocycles. The number of carbonyl (C=O) groups excluding carboxylic acids is 1. The lowest BCUT2D eigenvalue weighted by atomic mass is 9.98. The van der Waals surface area contributed by atoms with Gasteiger partial charge in [-0.25, -0.2) is 13.1 Å². The van der Waals surface area contributed by atoms with Crippen LogP contribution in [0.25, 0.3) is 0 Å². The van der Waals surface area contributed by atoms with Crippen LogP contribution in [-0.4, -0.2) is 52.6 Å². The molecule has 3 rings (SSSR count). The highest BCUT2D eigenvalue weighted by Crippen LogP contribution is 2.32. The average Bonchev–Trinajstić information content (AvgIpc) is 2.84. The van der Waals surface area contributed by atoms with Crippen LogP contribution in [0.3, 0.4) is 0 Å². The van der Waals surface area contributed by atoms with E-state index in [1.54, 1.807) is 30.0 Å². The van der Waals surface area contributed by atoms with Crippen LogP contribution in [-0.2, 0) is 10.0 Å². The summed E-state index contributed by atoms with van der Waals surface area (Å²) < 4.78 is 45.9. The van der Waals surface area contributed by atoms with E-state index in [1.165, 1.54) is 25.3 Å². The molecule has 1 atom stereocenters. The summed E-state index contributed by atoms with van der Waals surface area (Å²) in [6, 6.07) is 9.20. The van der Waals surface area contributed by atoms with Gasteiger partial charge in [-0.1, -0.05) is 13.0 Å². The second-order valence-corrected chi connectivity index (χ2v) is 10.5. The van der Waals surface area contributed by atoms with Crippen molar-refractivity contribution in [3.63, 3.8) is 0 Å². The molecule has 0 radical (unpaired) electrons. The van der Waals surface area contributed by atoms with E-state index in [0.717, 1.165) is 18.4 Å². The normalized spacial score (nSPS) is 15.5. The summed E-state index contributed by atoms with van der Waals surface area (Å²) in [6.45, 7) is 9.95. The summed E-state index contributed by atoms with van der Waals surface area (Å²) in [5.74, 6) is 1.88. The molecule has 0 aliphatic carbocycles. The van der Waals surface area contributed by atoms with Gasteiger partial charge in [-0.05, 0) is 75.4 Å². The molecule has 0 spiro atoms. The highest BCUT2D eigenvalue weighted by Gasteiger charge is 2.27. The van der Waals surface area contributed by atoms with Gasteiger partial charge < -0.3 is 19.1 Å². The van der Waals surface area contributed by atoms with E-state index >= 15 is 0 Å². The lowest BCUT2D eigenvalue weighted by molar-refractivity contribution is 0.0693. The van der Waals surface area contributed by atoms with Gasteiger partial charge in [0.25, 0.3) is 5.91 Å². The fourth-order valence-corrected chi connectivity index (χ4v) is 5.37. The van der Waals surface area contributed by atoms with E-state index < -0.39 is 16.1 Å². The quantitative estimate of drug-likeness (QED) is 0.515. The third kappa shape index (κ3) is 6.46. The third-order valence-corrected chi connectivity index (χ3v) is 7.72. The van der Waals surface area contributed by atoms with E-state index in [-0.39, 0.29) is 16.4 Å². The number of benzene rings is 2. The van der Waals surface area contributed by atoms with Crippen LogP contribution in [0, 0.1) is 5.92 Å². The molecule has 1 fully saturated rings. The number of nitrogens with one attached hydrogen (secondary N) is 1. The maximum absolute atomic E-state index is 13.3. The summed E-state index contributed by atoms with van der Waals surface area (Å²) in [5.41, 5.74) is 0.977. The van der Waals surface area contributed by atoms with Crippen molar-refractivity contribution in [3.05, 3.63) is 47.5 Å². The molecule has 192 valence electrons. The highest BCUT2D eigenvalue weighted by molar-refractivity contribution is 7.89. The first-order valence-electron chi connectivity index (χ1n) is 12.1. The van der Waals surface area contributed by atoms with Crippen molar-refractivity contribution in [2.24, 2.45) is 5.92 Å². The largest absolute Gasteiger partial charge is 0.496 e. The Kier molecular flexibility index (Phi) is 9.02. The molecule has 1 aliphatic rings. The first kappa shape index (κ1) is 26.8. The van der Waals surface area contributed by atoms with E-state index in [2.05, 4.69) is 11.6 Å². The van der Waals surface area contributed by atoms with Gasteiger partial charge in [0, 0.05) is 19.1 Å². The van der Waals surface area contributed by atoms with Gasteiger partial charge in [0.2, 0.25) is 10.0 Å². The number of hydrogen-bond donors (Lipinski definition) is 1. The van der Waals surface area contributed by atoms with Crippen molar-refractivity contribution < 1.29 is 27.4 Å². The van der Waals surface area contributed by atoms with Crippen molar-refractivity contribution in [2.45, 2.75) is 51.5 Å². The van der Waals surface area contributed by atoms with Crippen LogP contribution in [0.15, 0.2) is 41.3 Å². The molecule has 0 unspecified atom stereocenters. The van der Waals surface area contributed by atoms with Crippen molar-refractivity contribution in [1.82, 2.24) is 9.62 Å². The zero-order chi connectivity index (χ0) is 25.6. The van der Waals surface area contributed by atoms with E-state index in [1.807, 2.05) is 13.8 Å². The molecule has 8 nitrogen and oxygen atoms in total. The number of amides is 1. The number of sulfonamides is 1. The van der Waals surface area contributed by atoms with Gasteiger partial charge in [0.15, 0.2) is 11.5 Å². The predicted octanol–water partition coefficient (Wildman–Crippen LogP) is 4.40. The molecule has 2 aromatic rings. The fraction of sp³-hybridized carbons (Fsp3) is 0.500. The Labute approximate surface area is 208 Å². The lowest BCUT2D eigenvalue weighted by Crippen LogP contribution is -2.38. The molecule has 1 aliphatic heterocycles. The number of rotatable bonds is 10. The zero-order valence-electron chi connectivity index (χ0n) is 21.2. The Bertz CT molecular complexity index is 1130. The summed E-state index contributed by atoms with van der Waals surface area (Å²) in [5, 5.41) is 0. The van der Waals surface area contributed by atoms with Gasteiger partial charge >= 0.3 is 0 Å². The van der Waals surface area contributed by atoms with Crippen LogP contribution < -0.4 is 18.9 Å². The van der Waals surface area contributed by atoms with Gasteiger partial charge in [0.1, 0.15) is 5.75 Å². The van der Waals surface area contributed by atoms with Gasteiger partial charge in [0.05, 0.1) is 30.8 Å². The van der Waals surface area contributed by atoms with E-state index in [0.29, 0.717) is 49.5 Å². The Morgan fingerprint density at radius 2 is 1.66 bits per heavy atom. The molecule has 35 heavy (non-hydrogen) atoms. The molecule has 1 heterocycles. The number of nitrogens with zero attached hydrogens (tertiary/aromatic N) is 1. The highest BCUT2D eigenvalue weighted by atomic mass is 32.2. The van der Waals surface area contributed by atoms with Crippen LogP contribution in [0.1, 0.15) is 62.5 Å². The maximum Gasteiger partial charge on any atom is 0.257 e. The topological polar surface area (TPSA) is 94.2 Å². The molecule has 0 saturated carbocycles. The number of piperidine rings is 1. The Morgan fingerprint density at radius 3 is 2.29 bits per heavy atom. The number of ether oxygens (including phenoxy) is 3. The molecule has 0 aromatic heterocycles. The molecule has 1 amide bonds. The first-order chi connectivity index (χ1) is 16.7. The summed E-state index contributed by atoms with van der Waals surface area (Å²) in [7, 11) is -2.45. The minimum atomic E-state index is -3.92. The third-order valence-electron chi connectivity index (χ3n) is 6.18. The molecule has 1 N–H and O–H groups in total. The van der Waals surface area contributed by atoms with Crippen LogP contribution in [0.5, 0.6) is 17.2 Å². The van der Waals surface area contributed by atoms with Gasteiger partial charge in [-0.3, -0.25) is 4.79 Å². The van der Waals surface area contributed by atoms with Gasteiger partial charge in [-0.15, -0.1) is 0 Å². The molecular formula is C26H36N2O6S. The second kappa shape index (κ2) is 11.8. The summed E-state index contributed by atoms with van der Waals surface area (Å²) in [4.78, 5) is 15.0. The summed E-state index contributed by atoms with van der Waals surface area (Å²) in [6.07, 6.45) is 1.86. The zero-order valence-corrected chi connectivity index (χ0v) is 22.0. The number of methoxy groups -OCH3 is 1. The molecule has 0 bridgehead atoms. The minimum Gasteiger partial charge on any atom is -0.496 e. The Balaban J connectivity index is 1.84. The number of likely N-dealkylation sites (tertiary alicyclic amines) is 1. The standard InChI is InChI=1S/C26H36N2O6S/c1-6-33-24-10-8-20(16-25(24)34-7-2)19(4)27-35(30,31)21-9-11-23(32-5)22(17-21)26(29)28-14-12-18(3)13-15-28/h8-11,16-19,27H,6-7,12-15H2,1-5H3/t19-/m0/s1. The molecular weight excluding hydrogens is 468 g/mol. The molecule has 2 aromatic carbocycles. The Morgan fingerprint density at radius 1 is 1.03 bits per heavy atom. The fourth-order valence-electron chi connectivity index (χ4n) is 4.11. The van der Waals surface area contributed by atoms with Crippen LogP contribution in [0.2, 0.25) is 0 Å². The van der Waals surface area contributed by atoms with Crippen molar-refractivity contribution in [3.8, 4) is 17.2 Å². The van der Waals surface area contributed by atoms with Crippen LogP contribution >= 0.6 is 0 Å². The van der Waals surface area contributed by atoms with Crippen molar-refractivity contribution >= 4 is 15.9 Å². The second-order valence-electron chi connectivity index (χ2n) is 8.75. The monoisotopic (exact) mass is 504 g/mol. The first-order valence-corrected chi connectivity index (χ1v) is 13.6. The smallest absolute Gasteiger partial charge is 0.257 e. The minimum absolute atomic E-state index is 0.00912. The maximum atomic E-state index is 13.3. The summed E-state index contributed by atoms with van der Waals surface area (Å²) >= 11 is 0. The number of hydrogen-bond acceptors (Lipinski definition) is 6. The van der Waals surface area contributed by atoms with Crippen LogP contribution in [0.4, 0.5) is 0 Å². The average molecular weight is 505 g/mol. The SMILES string of the molecule is CCOc1ccc([C@H](C)NS(=O)(=O)c2ccc(OC)c(C(=O)N3CCC(C)CC3)c2)cc1OCC. The molecule has 9 heteroatoms. The van der Waals surface area contributed by atoms with Crippen molar-refractivity contribution in [2.75, 3.05) is 33.4 Å². The lowest BCUT2D eigenvalue weighted by Gasteiger charge is -2.30. The van der Waals surface area contributed by atoms with Gasteiger partial charge in [-0.2, -0.15) is 0 Å². The van der Waals surface area contributed by atoms with E-state index in [4.69, 9.17) is 14.2 Å². The van der Waals surface area contributed by atoms with E-state index in [9.17, 15) is 13.2 Å². The Hall–Kier alpha value is -2.78. The van der Waals surface area contributed by atoms with Crippen molar-refractivity contribution in [1.29, 1.82) is 0 Å². The number of carbonyl (C=O) groups is 1. The predicted molar refractivity (Wildman–Crippen MR) is 135 cm³/mol.